The molecule has 5 rings (SSSR count). The summed E-state index contributed by atoms with van der Waals surface area (Å²) in [5.41, 5.74) is 4.17. The van der Waals surface area contributed by atoms with Gasteiger partial charge in [0.05, 0.1) is 22.0 Å². The molecule has 4 aromatic rings. The standard InChI is InChI=1S/C27H31N3O3/c1-5-18-13-19-25(32)23(27-28-21-10-6-7-11-22(21)29(27)4)17(3)33-26(19)20(24(18)31)15-30-12-8-9-16(2)14-30/h6-7,10-11,13,16,31H,5,8-9,12,14-15H2,1-4H3/t16-/m1/s1. The van der Waals surface area contributed by atoms with Crippen LogP contribution in [0.5, 0.6) is 5.75 Å². The number of aromatic hydroxyl groups is 1. The van der Waals surface area contributed by atoms with Crippen molar-refractivity contribution in [2.24, 2.45) is 13.0 Å². The zero-order valence-electron chi connectivity index (χ0n) is 19.8. The highest BCUT2D eigenvalue weighted by Gasteiger charge is 2.25. The molecule has 1 aliphatic heterocycles. The lowest BCUT2D eigenvalue weighted by Gasteiger charge is -2.31. The van der Waals surface area contributed by atoms with E-state index in [1.165, 1.54) is 6.42 Å². The Kier molecular flexibility index (Phi) is 5.49. The smallest absolute Gasteiger partial charge is 0.203 e. The molecule has 6 nitrogen and oxygen atoms in total. The predicted octanol–water partition coefficient (Wildman–Crippen LogP) is 5.16. The van der Waals surface area contributed by atoms with Crippen molar-refractivity contribution in [1.29, 1.82) is 0 Å². The molecule has 2 aromatic carbocycles. The summed E-state index contributed by atoms with van der Waals surface area (Å²) in [7, 11) is 1.92. The Labute approximate surface area is 193 Å². The second-order valence-electron chi connectivity index (χ2n) is 9.42. The predicted molar refractivity (Wildman–Crippen MR) is 132 cm³/mol. The molecule has 172 valence electrons. The van der Waals surface area contributed by atoms with E-state index in [-0.39, 0.29) is 11.2 Å². The maximum absolute atomic E-state index is 13.8. The van der Waals surface area contributed by atoms with Crippen molar-refractivity contribution in [1.82, 2.24) is 14.5 Å². The molecule has 0 amide bonds. The topological polar surface area (TPSA) is 71.5 Å². The van der Waals surface area contributed by atoms with Gasteiger partial charge in [0.1, 0.15) is 28.5 Å². The number of hydrogen-bond acceptors (Lipinski definition) is 5. The lowest BCUT2D eigenvalue weighted by Crippen LogP contribution is -2.33. The number of phenols is 1. The average Bonchev–Trinajstić information content (AvgIpc) is 3.12. The zero-order valence-corrected chi connectivity index (χ0v) is 19.8. The van der Waals surface area contributed by atoms with Crippen molar-refractivity contribution in [2.45, 2.75) is 46.6 Å². The van der Waals surface area contributed by atoms with E-state index in [9.17, 15) is 9.90 Å². The number of aromatic nitrogens is 2. The number of nitrogens with zero attached hydrogens (tertiary/aromatic N) is 3. The normalized spacial score (nSPS) is 17.3. The molecule has 2 aromatic heterocycles. The summed E-state index contributed by atoms with van der Waals surface area (Å²) in [6.07, 6.45) is 3.01. The number of likely N-dealkylation sites (tertiary alicyclic amines) is 1. The zero-order chi connectivity index (χ0) is 23.3. The summed E-state index contributed by atoms with van der Waals surface area (Å²) in [5, 5.41) is 11.6. The van der Waals surface area contributed by atoms with E-state index in [2.05, 4.69) is 11.8 Å². The lowest BCUT2D eigenvalue weighted by atomic mass is 9.97. The largest absolute Gasteiger partial charge is 0.507 e. The van der Waals surface area contributed by atoms with Crippen LogP contribution in [0.3, 0.4) is 0 Å². The van der Waals surface area contributed by atoms with Crippen LogP contribution >= 0.6 is 0 Å². The van der Waals surface area contributed by atoms with Crippen LogP contribution in [-0.4, -0.2) is 32.6 Å². The minimum atomic E-state index is -0.102. The van der Waals surface area contributed by atoms with Gasteiger partial charge in [-0.25, -0.2) is 4.98 Å². The first-order valence-corrected chi connectivity index (χ1v) is 11.8. The molecule has 0 unspecified atom stereocenters. The summed E-state index contributed by atoms with van der Waals surface area (Å²) >= 11 is 0. The van der Waals surface area contributed by atoms with Crippen molar-refractivity contribution in [3.63, 3.8) is 0 Å². The van der Waals surface area contributed by atoms with E-state index in [1.54, 1.807) is 6.07 Å². The molecule has 0 spiro atoms. The molecule has 6 heteroatoms. The Morgan fingerprint density at radius 1 is 1.27 bits per heavy atom. The van der Waals surface area contributed by atoms with E-state index in [1.807, 2.05) is 49.7 Å². The van der Waals surface area contributed by atoms with Crippen LogP contribution in [0, 0.1) is 12.8 Å². The number of piperidine rings is 1. The second kappa shape index (κ2) is 8.34. The molecule has 3 heterocycles. The molecule has 0 bridgehead atoms. The molecule has 33 heavy (non-hydrogen) atoms. The van der Waals surface area contributed by atoms with Crippen LogP contribution < -0.4 is 5.43 Å². The first-order chi connectivity index (χ1) is 15.9. The fourth-order valence-corrected chi connectivity index (χ4v) is 5.25. The summed E-state index contributed by atoms with van der Waals surface area (Å²) in [5.74, 6) is 1.99. The van der Waals surface area contributed by atoms with Gasteiger partial charge in [0.2, 0.25) is 5.43 Å². The van der Waals surface area contributed by atoms with Gasteiger partial charge in [-0.05, 0) is 62.4 Å². The molecule has 1 atom stereocenters. The Morgan fingerprint density at radius 3 is 2.79 bits per heavy atom. The number of hydrogen-bond donors (Lipinski definition) is 1. The van der Waals surface area contributed by atoms with Crippen molar-refractivity contribution in [2.75, 3.05) is 13.1 Å². The fourth-order valence-electron chi connectivity index (χ4n) is 5.25. The minimum absolute atomic E-state index is 0.102. The Bertz CT molecular complexity index is 1420. The van der Waals surface area contributed by atoms with E-state index in [4.69, 9.17) is 9.40 Å². The highest BCUT2D eigenvalue weighted by Crippen LogP contribution is 2.35. The monoisotopic (exact) mass is 445 g/mol. The van der Waals surface area contributed by atoms with Gasteiger partial charge in [0.25, 0.3) is 0 Å². The summed E-state index contributed by atoms with van der Waals surface area (Å²) in [4.78, 5) is 20.9. The number of aryl methyl sites for hydroxylation is 3. The van der Waals surface area contributed by atoms with Crippen LogP contribution in [0.2, 0.25) is 0 Å². The van der Waals surface area contributed by atoms with Crippen LogP contribution in [0.4, 0.5) is 0 Å². The number of para-hydroxylation sites is 2. The van der Waals surface area contributed by atoms with Crippen molar-refractivity contribution >= 4 is 22.0 Å². The van der Waals surface area contributed by atoms with Gasteiger partial charge in [-0.2, -0.15) is 0 Å². The number of phenolic OH excluding ortho intramolecular Hbond substituents is 1. The molecule has 0 saturated carbocycles. The van der Waals surface area contributed by atoms with Gasteiger partial charge < -0.3 is 14.1 Å². The van der Waals surface area contributed by atoms with E-state index in [0.717, 1.165) is 41.7 Å². The summed E-state index contributed by atoms with van der Waals surface area (Å²) < 4.78 is 8.26. The number of fused-ring (bicyclic) bond motifs is 2. The Hall–Kier alpha value is -3.12. The molecule has 1 fully saturated rings. The first-order valence-electron chi connectivity index (χ1n) is 11.8. The summed E-state index contributed by atoms with van der Waals surface area (Å²) in [6, 6.07) is 9.65. The van der Waals surface area contributed by atoms with Gasteiger partial charge in [0, 0.05) is 20.1 Å². The van der Waals surface area contributed by atoms with Gasteiger partial charge in [-0.3, -0.25) is 9.69 Å². The fraction of sp³-hybridized carbons (Fsp3) is 0.407. The number of imidazole rings is 1. The molecule has 1 aliphatic rings. The van der Waals surface area contributed by atoms with Crippen LogP contribution in [0.15, 0.2) is 39.5 Å². The van der Waals surface area contributed by atoms with Crippen molar-refractivity contribution in [3.05, 3.63) is 57.4 Å². The van der Waals surface area contributed by atoms with E-state index >= 15 is 0 Å². The van der Waals surface area contributed by atoms with Crippen LogP contribution in [0.25, 0.3) is 33.4 Å². The van der Waals surface area contributed by atoms with E-state index in [0.29, 0.717) is 47.0 Å². The third-order valence-electron chi connectivity index (χ3n) is 7.02. The maximum Gasteiger partial charge on any atom is 0.203 e. The maximum atomic E-state index is 13.8. The molecule has 1 N–H and O–H groups in total. The van der Waals surface area contributed by atoms with Gasteiger partial charge >= 0.3 is 0 Å². The average molecular weight is 446 g/mol. The Morgan fingerprint density at radius 2 is 2.06 bits per heavy atom. The SMILES string of the molecule is CCc1cc2c(=O)c(-c3nc4ccccc4n3C)c(C)oc2c(CN2CCC[C@@H](C)C2)c1O. The quantitative estimate of drug-likeness (QED) is 0.470. The highest BCUT2D eigenvalue weighted by molar-refractivity contribution is 5.88. The third-order valence-corrected chi connectivity index (χ3v) is 7.02. The van der Waals surface area contributed by atoms with Gasteiger partial charge in [-0.15, -0.1) is 0 Å². The number of rotatable bonds is 4. The van der Waals surface area contributed by atoms with Crippen LogP contribution in [0.1, 0.15) is 43.6 Å². The van der Waals surface area contributed by atoms with Crippen molar-refractivity contribution in [3.8, 4) is 17.1 Å². The first kappa shape index (κ1) is 21.7. The van der Waals surface area contributed by atoms with E-state index < -0.39 is 0 Å². The molecular weight excluding hydrogens is 414 g/mol. The highest BCUT2D eigenvalue weighted by atomic mass is 16.3. The second-order valence-corrected chi connectivity index (χ2v) is 9.42. The molecular formula is C27H31N3O3. The summed E-state index contributed by atoms with van der Waals surface area (Å²) in [6.45, 7) is 8.62. The minimum Gasteiger partial charge on any atom is -0.507 e. The number of benzene rings is 2. The third kappa shape index (κ3) is 3.62. The van der Waals surface area contributed by atoms with Gasteiger partial charge in [-0.1, -0.05) is 26.0 Å². The Balaban J connectivity index is 1.72. The molecule has 0 radical (unpaired) electrons. The van der Waals surface area contributed by atoms with Crippen LogP contribution in [-0.2, 0) is 20.0 Å². The molecule has 1 saturated heterocycles. The van der Waals surface area contributed by atoms with Gasteiger partial charge in [0.15, 0.2) is 0 Å². The van der Waals surface area contributed by atoms with Crippen molar-refractivity contribution < 1.29 is 9.52 Å². The lowest BCUT2D eigenvalue weighted by molar-refractivity contribution is 0.175. The molecule has 0 aliphatic carbocycles.